The van der Waals surface area contributed by atoms with Crippen LogP contribution < -0.4 is 0 Å². The molecule has 1 unspecified atom stereocenters. The van der Waals surface area contributed by atoms with Crippen molar-refractivity contribution in [2.45, 2.75) is 13.0 Å². The van der Waals surface area contributed by atoms with Gasteiger partial charge in [-0.2, -0.15) is 0 Å². The van der Waals surface area contributed by atoms with E-state index in [1.165, 1.54) is 10.8 Å². The van der Waals surface area contributed by atoms with Gasteiger partial charge >= 0.3 is 0 Å². The molecule has 0 heterocycles. The second-order valence-electron chi connectivity index (χ2n) is 3.71. The Balaban J connectivity index is 2.39. The third kappa shape index (κ3) is 2.45. The van der Waals surface area contributed by atoms with Crippen molar-refractivity contribution in [1.29, 1.82) is 0 Å². The minimum absolute atomic E-state index is 0.392. The molecule has 2 aromatic carbocycles. The van der Waals surface area contributed by atoms with Crippen molar-refractivity contribution in [3.05, 3.63) is 54.1 Å². The maximum Gasteiger partial charge on any atom is 0.0696 e. The van der Waals surface area contributed by atoms with Crippen molar-refractivity contribution in [2.75, 3.05) is 0 Å². The number of aliphatic hydroxyl groups is 1. The topological polar surface area (TPSA) is 20.2 Å². The summed E-state index contributed by atoms with van der Waals surface area (Å²) in [7, 11) is 0. The summed E-state index contributed by atoms with van der Waals surface area (Å²) < 4.78 is 0. The van der Waals surface area contributed by atoms with Crippen molar-refractivity contribution in [2.24, 2.45) is 0 Å². The lowest BCUT2D eigenvalue weighted by Gasteiger charge is -1.99. The lowest BCUT2D eigenvalue weighted by Crippen LogP contribution is -1.91. The molecule has 2 rings (SSSR count). The van der Waals surface area contributed by atoms with Crippen LogP contribution >= 0.6 is 0 Å². The summed E-state index contributed by atoms with van der Waals surface area (Å²) in [5.41, 5.74) is 1.12. The molecule has 1 atom stereocenters. The minimum atomic E-state index is -0.392. The Morgan fingerprint density at radius 3 is 2.53 bits per heavy atom. The summed E-state index contributed by atoms with van der Waals surface area (Å²) in [6, 6.07) is 14.5. The smallest absolute Gasteiger partial charge is 0.0696 e. The molecular formula is C14H14O. The molecule has 1 N–H and O–H groups in total. The molecule has 0 aliphatic heterocycles. The second kappa shape index (κ2) is 4.28. The van der Waals surface area contributed by atoms with Crippen molar-refractivity contribution in [3.8, 4) is 0 Å². The number of fused-ring (bicyclic) bond motifs is 1. The van der Waals surface area contributed by atoms with Crippen LogP contribution in [0.3, 0.4) is 0 Å². The highest BCUT2D eigenvalue weighted by atomic mass is 16.3. The van der Waals surface area contributed by atoms with Crippen LogP contribution in [0.1, 0.15) is 12.5 Å². The zero-order valence-corrected chi connectivity index (χ0v) is 8.72. The number of benzene rings is 2. The molecule has 1 heteroatoms. The Morgan fingerprint density at radius 1 is 1.07 bits per heavy atom. The van der Waals surface area contributed by atoms with Gasteiger partial charge in [0.15, 0.2) is 0 Å². The zero-order valence-electron chi connectivity index (χ0n) is 8.72. The molecule has 1 nitrogen and oxygen atoms in total. The van der Waals surface area contributed by atoms with Gasteiger partial charge in [-0.25, -0.2) is 0 Å². The Morgan fingerprint density at radius 2 is 1.80 bits per heavy atom. The van der Waals surface area contributed by atoms with E-state index in [-0.39, 0.29) is 0 Å². The lowest BCUT2D eigenvalue weighted by molar-refractivity contribution is 0.245. The highest BCUT2D eigenvalue weighted by molar-refractivity contribution is 5.84. The van der Waals surface area contributed by atoms with E-state index in [4.69, 9.17) is 5.11 Å². The second-order valence-corrected chi connectivity index (χ2v) is 3.71. The first-order valence-corrected chi connectivity index (χ1v) is 5.11. The molecular weight excluding hydrogens is 184 g/mol. The Labute approximate surface area is 89.7 Å². The number of hydrogen-bond acceptors (Lipinski definition) is 1. The maximum atomic E-state index is 9.14. The van der Waals surface area contributed by atoms with E-state index >= 15 is 0 Å². The fourth-order valence-corrected chi connectivity index (χ4v) is 1.56. The molecule has 0 aliphatic rings. The van der Waals surface area contributed by atoms with E-state index in [1.54, 1.807) is 13.0 Å². The molecule has 0 saturated heterocycles. The van der Waals surface area contributed by atoms with Gasteiger partial charge in [0.25, 0.3) is 0 Å². The first kappa shape index (κ1) is 9.94. The summed E-state index contributed by atoms with van der Waals surface area (Å²) in [4.78, 5) is 0. The number of aliphatic hydroxyl groups excluding tert-OH is 1. The number of hydrogen-bond donors (Lipinski definition) is 1. The van der Waals surface area contributed by atoms with Gasteiger partial charge < -0.3 is 5.11 Å². The molecule has 0 radical (unpaired) electrons. The predicted molar refractivity (Wildman–Crippen MR) is 64.7 cm³/mol. The summed E-state index contributed by atoms with van der Waals surface area (Å²) in [6.07, 6.45) is 3.33. The van der Waals surface area contributed by atoms with Crippen LogP contribution in [0.4, 0.5) is 0 Å². The Hall–Kier alpha value is -1.60. The van der Waals surface area contributed by atoms with Crippen molar-refractivity contribution in [3.63, 3.8) is 0 Å². The molecule has 76 valence electrons. The van der Waals surface area contributed by atoms with Gasteiger partial charge in [0.05, 0.1) is 6.10 Å². The van der Waals surface area contributed by atoms with E-state index in [9.17, 15) is 0 Å². The fourth-order valence-electron chi connectivity index (χ4n) is 1.56. The van der Waals surface area contributed by atoms with Crippen molar-refractivity contribution >= 4 is 16.8 Å². The monoisotopic (exact) mass is 198 g/mol. The molecule has 0 spiro atoms. The van der Waals surface area contributed by atoms with Crippen LogP contribution in [-0.4, -0.2) is 11.2 Å². The maximum absolute atomic E-state index is 9.14. The minimum Gasteiger partial charge on any atom is -0.389 e. The van der Waals surface area contributed by atoms with Crippen LogP contribution in [0.15, 0.2) is 48.5 Å². The third-order valence-electron chi connectivity index (χ3n) is 2.34. The normalized spacial score (nSPS) is 13.5. The molecule has 0 saturated carbocycles. The van der Waals surface area contributed by atoms with Crippen LogP contribution in [-0.2, 0) is 0 Å². The van der Waals surface area contributed by atoms with Gasteiger partial charge in [0.2, 0.25) is 0 Å². The lowest BCUT2D eigenvalue weighted by atomic mass is 10.1. The average molecular weight is 198 g/mol. The summed E-state index contributed by atoms with van der Waals surface area (Å²) in [5, 5.41) is 11.6. The van der Waals surface area contributed by atoms with Gasteiger partial charge in [-0.1, -0.05) is 48.6 Å². The standard InChI is InChI=1S/C14H14O/c1-11(15)6-7-12-8-9-13-4-2-3-5-14(13)10-12/h2-11,15H,1H3/b7-6+. The number of rotatable bonds is 2. The molecule has 0 bridgehead atoms. The third-order valence-corrected chi connectivity index (χ3v) is 2.34. The first-order chi connectivity index (χ1) is 7.25. The SMILES string of the molecule is CC(O)/C=C/c1ccc2ccccc2c1. The van der Waals surface area contributed by atoms with Gasteiger partial charge in [-0.15, -0.1) is 0 Å². The van der Waals surface area contributed by atoms with Gasteiger partial charge in [-0.3, -0.25) is 0 Å². The van der Waals surface area contributed by atoms with Crippen LogP contribution in [0.25, 0.3) is 16.8 Å². The molecule has 15 heavy (non-hydrogen) atoms. The van der Waals surface area contributed by atoms with Crippen LogP contribution in [0.5, 0.6) is 0 Å². The molecule has 0 amide bonds. The van der Waals surface area contributed by atoms with E-state index in [1.807, 2.05) is 18.2 Å². The van der Waals surface area contributed by atoms with Gasteiger partial charge in [-0.05, 0) is 29.3 Å². The molecule has 0 aliphatic carbocycles. The van der Waals surface area contributed by atoms with Gasteiger partial charge in [0, 0.05) is 0 Å². The van der Waals surface area contributed by atoms with E-state index < -0.39 is 6.10 Å². The summed E-state index contributed by atoms with van der Waals surface area (Å²) >= 11 is 0. The van der Waals surface area contributed by atoms with Crippen molar-refractivity contribution < 1.29 is 5.11 Å². The Kier molecular flexibility index (Phi) is 2.84. The van der Waals surface area contributed by atoms with E-state index in [2.05, 4.69) is 30.3 Å². The molecule has 2 aromatic rings. The predicted octanol–water partition coefficient (Wildman–Crippen LogP) is 3.23. The quantitative estimate of drug-likeness (QED) is 0.785. The van der Waals surface area contributed by atoms with Crippen molar-refractivity contribution in [1.82, 2.24) is 0 Å². The molecule has 0 aromatic heterocycles. The first-order valence-electron chi connectivity index (χ1n) is 5.11. The Bertz CT molecular complexity index is 483. The largest absolute Gasteiger partial charge is 0.389 e. The summed E-state index contributed by atoms with van der Waals surface area (Å²) in [6.45, 7) is 1.75. The summed E-state index contributed by atoms with van der Waals surface area (Å²) in [5.74, 6) is 0. The van der Waals surface area contributed by atoms with Gasteiger partial charge in [0.1, 0.15) is 0 Å². The fraction of sp³-hybridized carbons (Fsp3) is 0.143. The van der Waals surface area contributed by atoms with E-state index in [0.717, 1.165) is 5.56 Å². The highest BCUT2D eigenvalue weighted by Gasteiger charge is 1.93. The van der Waals surface area contributed by atoms with Crippen LogP contribution in [0.2, 0.25) is 0 Å². The van der Waals surface area contributed by atoms with E-state index in [0.29, 0.717) is 0 Å². The average Bonchev–Trinajstić information content (AvgIpc) is 2.26. The zero-order chi connectivity index (χ0) is 10.7. The molecule has 0 fully saturated rings. The highest BCUT2D eigenvalue weighted by Crippen LogP contribution is 2.16. The van der Waals surface area contributed by atoms with Crippen LogP contribution in [0, 0.1) is 0 Å².